The molecule has 27 heavy (non-hydrogen) atoms. The van der Waals surface area contributed by atoms with E-state index in [1.54, 1.807) is 20.5 Å². The van der Waals surface area contributed by atoms with Crippen LogP contribution in [0.4, 0.5) is 11.6 Å². The van der Waals surface area contributed by atoms with Crippen molar-refractivity contribution in [3.63, 3.8) is 0 Å². The molecule has 1 saturated heterocycles. The molecule has 2 aromatic rings. The zero-order valence-electron chi connectivity index (χ0n) is 15.9. The normalized spacial score (nSPS) is 14.6. The second kappa shape index (κ2) is 9.94. The van der Waals surface area contributed by atoms with Crippen molar-refractivity contribution in [3.05, 3.63) is 36.2 Å². The molecule has 1 aromatic heterocycles. The van der Waals surface area contributed by atoms with E-state index in [0.29, 0.717) is 12.3 Å². The minimum absolute atomic E-state index is 0.630. The summed E-state index contributed by atoms with van der Waals surface area (Å²) in [7, 11) is 3.26. The van der Waals surface area contributed by atoms with Gasteiger partial charge < -0.3 is 24.8 Å². The zero-order valence-corrected chi connectivity index (χ0v) is 15.9. The number of nitrogens with one attached hydrogen (secondary N) is 2. The van der Waals surface area contributed by atoms with Gasteiger partial charge in [0.1, 0.15) is 18.0 Å². The summed E-state index contributed by atoms with van der Waals surface area (Å²) < 4.78 is 16.0. The number of ether oxygens (including phenoxy) is 3. The highest BCUT2D eigenvalue weighted by atomic mass is 16.5. The standard InChI is InChI=1S/C19H27N5O3/c1-25-16-4-3-15(11-17(16)26-2)13-21-19-12-18(22-14-23-19)20-5-6-24-7-9-27-10-8-24/h3-4,11-12,14H,5-10,13H2,1-2H3,(H2,20,21,22,23). The Labute approximate surface area is 159 Å². The SMILES string of the molecule is COc1ccc(CNc2cc(NCCN3CCOCC3)ncn2)cc1OC. The Kier molecular flexibility index (Phi) is 7.06. The molecule has 0 radical (unpaired) electrons. The lowest BCUT2D eigenvalue weighted by molar-refractivity contribution is 0.0398. The zero-order chi connectivity index (χ0) is 18.9. The van der Waals surface area contributed by atoms with Crippen molar-refractivity contribution in [1.29, 1.82) is 0 Å². The van der Waals surface area contributed by atoms with E-state index in [1.807, 2.05) is 24.3 Å². The second-order valence-electron chi connectivity index (χ2n) is 6.21. The maximum absolute atomic E-state index is 5.37. The first-order valence-corrected chi connectivity index (χ1v) is 9.09. The molecule has 0 spiro atoms. The molecule has 1 aliphatic heterocycles. The van der Waals surface area contributed by atoms with Gasteiger partial charge in [-0.1, -0.05) is 6.07 Å². The summed E-state index contributed by atoms with van der Waals surface area (Å²) >= 11 is 0. The van der Waals surface area contributed by atoms with Crippen molar-refractivity contribution in [2.75, 3.05) is 64.2 Å². The molecule has 146 valence electrons. The molecule has 0 bridgehead atoms. The summed E-state index contributed by atoms with van der Waals surface area (Å²) in [4.78, 5) is 11.0. The van der Waals surface area contributed by atoms with Crippen LogP contribution < -0.4 is 20.1 Å². The highest BCUT2D eigenvalue weighted by Gasteiger charge is 2.09. The van der Waals surface area contributed by atoms with Gasteiger partial charge in [-0.15, -0.1) is 0 Å². The average Bonchev–Trinajstić information content (AvgIpc) is 2.73. The highest BCUT2D eigenvalue weighted by molar-refractivity contribution is 5.48. The third-order valence-electron chi connectivity index (χ3n) is 4.43. The lowest BCUT2D eigenvalue weighted by Gasteiger charge is -2.26. The van der Waals surface area contributed by atoms with Crippen molar-refractivity contribution in [2.45, 2.75) is 6.54 Å². The minimum Gasteiger partial charge on any atom is -0.493 e. The number of hydrogen-bond acceptors (Lipinski definition) is 8. The molecule has 0 amide bonds. The molecule has 1 fully saturated rings. The van der Waals surface area contributed by atoms with Crippen molar-refractivity contribution in [1.82, 2.24) is 14.9 Å². The van der Waals surface area contributed by atoms with E-state index in [4.69, 9.17) is 14.2 Å². The lowest BCUT2D eigenvalue weighted by Crippen LogP contribution is -2.39. The van der Waals surface area contributed by atoms with Crippen LogP contribution in [0.3, 0.4) is 0 Å². The molecule has 1 aromatic carbocycles. The molecule has 0 atom stereocenters. The fraction of sp³-hybridized carbons (Fsp3) is 0.474. The van der Waals surface area contributed by atoms with Crippen LogP contribution in [0.5, 0.6) is 11.5 Å². The fourth-order valence-electron chi connectivity index (χ4n) is 2.90. The smallest absolute Gasteiger partial charge is 0.161 e. The first-order valence-electron chi connectivity index (χ1n) is 9.09. The summed E-state index contributed by atoms with van der Waals surface area (Å²) in [6, 6.07) is 7.76. The third-order valence-corrected chi connectivity index (χ3v) is 4.43. The first kappa shape index (κ1) is 19.2. The van der Waals surface area contributed by atoms with Gasteiger partial charge in [0.2, 0.25) is 0 Å². The number of benzene rings is 1. The molecule has 0 aliphatic carbocycles. The molecule has 0 unspecified atom stereocenters. The minimum atomic E-state index is 0.630. The third kappa shape index (κ3) is 5.70. The maximum atomic E-state index is 5.37. The molecular weight excluding hydrogens is 346 g/mol. The predicted octanol–water partition coefficient (Wildman–Crippen LogP) is 1.85. The monoisotopic (exact) mass is 373 g/mol. The van der Waals surface area contributed by atoms with Crippen LogP contribution in [0, 0.1) is 0 Å². The summed E-state index contributed by atoms with van der Waals surface area (Å²) in [5, 5.41) is 6.67. The number of morpholine rings is 1. The number of rotatable bonds is 9. The van der Waals surface area contributed by atoms with Crippen molar-refractivity contribution in [3.8, 4) is 11.5 Å². The van der Waals surface area contributed by atoms with Crippen molar-refractivity contribution >= 4 is 11.6 Å². The van der Waals surface area contributed by atoms with Crippen molar-refractivity contribution in [2.24, 2.45) is 0 Å². The number of hydrogen-bond donors (Lipinski definition) is 2. The van der Waals surface area contributed by atoms with Gasteiger partial charge >= 0.3 is 0 Å². The molecular formula is C19H27N5O3. The molecule has 3 rings (SSSR count). The topological polar surface area (TPSA) is 80.8 Å². The van der Waals surface area contributed by atoms with Gasteiger partial charge in [0.05, 0.1) is 27.4 Å². The van der Waals surface area contributed by atoms with E-state index in [0.717, 1.165) is 62.3 Å². The molecule has 8 nitrogen and oxygen atoms in total. The van der Waals surface area contributed by atoms with E-state index < -0.39 is 0 Å². The average molecular weight is 373 g/mol. The van der Waals surface area contributed by atoms with Gasteiger partial charge in [-0.25, -0.2) is 9.97 Å². The van der Waals surface area contributed by atoms with E-state index in [-0.39, 0.29) is 0 Å². The highest BCUT2D eigenvalue weighted by Crippen LogP contribution is 2.27. The Morgan fingerprint density at radius 1 is 1.00 bits per heavy atom. The summed E-state index contributed by atoms with van der Waals surface area (Å²) in [6.45, 7) is 6.06. The van der Waals surface area contributed by atoms with Crippen molar-refractivity contribution < 1.29 is 14.2 Å². The van der Waals surface area contributed by atoms with Gasteiger partial charge in [0.25, 0.3) is 0 Å². The molecule has 8 heteroatoms. The Bertz CT molecular complexity index is 722. The van der Waals surface area contributed by atoms with Crippen LogP contribution in [0.15, 0.2) is 30.6 Å². The van der Waals surface area contributed by atoms with Gasteiger partial charge in [-0.05, 0) is 17.7 Å². The number of anilines is 2. The Balaban J connectivity index is 1.50. The van der Waals surface area contributed by atoms with E-state index in [2.05, 4.69) is 25.5 Å². The van der Waals surface area contributed by atoms with Gasteiger partial charge in [0.15, 0.2) is 11.5 Å². The quantitative estimate of drug-likeness (QED) is 0.689. The molecule has 1 aliphatic rings. The second-order valence-corrected chi connectivity index (χ2v) is 6.21. The number of aromatic nitrogens is 2. The van der Waals surface area contributed by atoms with E-state index in [9.17, 15) is 0 Å². The van der Waals surface area contributed by atoms with Gasteiger partial charge in [-0.3, -0.25) is 4.90 Å². The van der Waals surface area contributed by atoms with Crippen LogP contribution in [0.25, 0.3) is 0 Å². The van der Waals surface area contributed by atoms with E-state index >= 15 is 0 Å². The largest absolute Gasteiger partial charge is 0.493 e. The maximum Gasteiger partial charge on any atom is 0.161 e. The molecule has 2 heterocycles. The van der Waals surface area contributed by atoms with Crippen LogP contribution in [0.2, 0.25) is 0 Å². The van der Waals surface area contributed by atoms with Crippen LogP contribution in [0.1, 0.15) is 5.56 Å². The summed E-state index contributed by atoms with van der Waals surface area (Å²) in [6.07, 6.45) is 1.56. The lowest BCUT2D eigenvalue weighted by atomic mass is 10.2. The predicted molar refractivity (Wildman–Crippen MR) is 105 cm³/mol. The molecule has 0 saturated carbocycles. The van der Waals surface area contributed by atoms with Crippen LogP contribution >= 0.6 is 0 Å². The summed E-state index contributed by atoms with van der Waals surface area (Å²) in [5.74, 6) is 3.02. The summed E-state index contributed by atoms with van der Waals surface area (Å²) in [5.41, 5.74) is 1.08. The fourth-order valence-corrected chi connectivity index (χ4v) is 2.90. The number of methoxy groups -OCH3 is 2. The Morgan fingerprint density at radius 2 is 1.74 bits per heavy atom. The molecule has 2 N–H and O–H groups in total. The van der Waals surface area contributed by atoms with Gasteiger partial charge in [-0.2, -0.15) is 0 Å². The van der Waals surface area contributed by atoms with Crippen LogP contribution in [-0.2, 0) is 11.3 Å². The van der Waals surface area contributed by atoms with Gasteiger partial charge in [0, 0.05) is 38.8 Å². The Morgan fingerprint density at radius 3 is 2.48 bits per heavy atom. The van der Waals surface area contributed by atoms with Crippen LogP contribution in [-0.4, -0.2) is 68.5 Å². The Hall–Kier alpha value is -2.58. The van der Waals surface area contributed by atoms with E-state index in [1.165, 1.54) is 0 Å². The first-order chi connectivity index (χ1) is 13.3. The number of nitrogens with zero attached hydrogens (tertiary/aromatic N) is 3.